The van der Waals surface area contributed by atoms with Gasteiger partial charge >= 0.3 is 0 Å². The quantitative estimate of drug-likeness (QED) is 0.626. The molecule has 14 heavy (non-hydrogen) atoms. The summed E-state index contributed by atoms with van der Waals surface area (Å²) in [5.41, 5.74) is 0. The second-order valence-corrected chi connectivity index (χ2v) is 3.84. The third-order valence-electron chi connectivity index (χ3n) is 2.81. The zero-order valence-corrected chi connectivity index (χ0v) is 8.52. The maximum atomic E-state index is 11.0. The van der Waals surface area contributed by atoms with Crippen LogP contribution in [-0.2, 0) is 4.79 Å². The highest BCUT2D eigenvalue weighted by molar-refractivity contribution is 5.75. The lowest BCUT2D eigenvalue weighted by Gasteiger charge is -2.26. The Kier molecular flexibility index (Phi) is 2.68. The van der Waals surface area contributed by atoms with Crippen molar-refractivity contribution in [2.45, 2.75) is 25.8 Å². The van der Waals surface area contributed by atoms with E-state index in [1.54, 1.807) is 11.8 Å². The van der Waals surface area contributed by atoms with Gasteiger partial charge in [0.1, 0.15) is 0 Å². The Labute approximate surface area is 84.7 Å². The van der Waals surface area contributed by atoms with Gasteiger partial charge in [-0.15, -0.1) is 0 Å². The number of hydrogen-bond acceptors (Lipinski definition) is 2. The largest absolute Gasteiger partial charge is 0.295 e. The first-order chi connectivity index (χ1) is 6.77. The van der Waals surface area contributed by atoms with Crippen molar-refractivity contribution in [3.8, 4) is 0 Å². The minimum atomic E-state index is 0.0670. The van der Waals surface area contributed by atoms with E-state index in [9.17, 15) is 4.79 Å². The summed E-state index contributed by atoms with van der Waals surface area (Å²) in [5, 5.41) is 0. The van der Waals surface area contributed by atoms with Crippen LogP contribution in [0.4, 0.5) is 0 Å². The van der Waals surface area contributed by atoms with Crippen molar-refractivity contribution in [2.75, 3.05) is 13.1 Å². The van der Waals surface area contributed by atoms with Crippen LogP contribution in [0.25, 0.3) is 0 Å². The summed E-state index contributed by atoms with van der Waals surface area (Å²) >= 11 is 0. The topological polar surface area (TPSA) is 23.6 Å². The Morgan fingerprint density at radius 2 is 1.79 bits per heavy atom. The molecule has 0 spiro atoms. The van der Waals surface area contributed by atoms with Crippen LogP contribution < -0.4 is 0 Å². The van der Waals surface area contributed by atoms with Crippen LogP contribution in [0.3, 0.4) is 0 Å². The smallest absolute Gasteiger partial charge is 0.227 e. The van der Waals surface area contributed by atoms with Gasteiger partial charge in [-0.3, -0.25) is 14.6 Å². The maximum absolute atomic E-state index is 11.0. The first-order valence-electron chi connectivity index (χ1n) is 5.17. The minimum absolute atomic E-state index is 0.0670. The SMILES string of the molecule is CC(=O)N1C=CC(N2CCCC2)C=C1. The van der Waals surface area contributed by atoms with Crippen LogP contribution in [0.5, 0.6) is 0 Å². The first-order valence-corrected chi connectivity index (χ1v) is 5.17. The first kappa shape index (κ1) is 9.46. The normalized spacial score (nSPS) is 23.4. The number of carbonyl (C=O) groups excluding carboxylic acids is 1. The molecule has 76 valence electrons. The molecule has 0 aromatic rings. The van der Waals surface area contributed by atoms with E-state index in [-0.39, 0.29) is 5.91 Å². The molecule has 3 nitrogen and oxygen atoms in total. The molecule has 0 aromatic heterocycles. The average Bonchev–Trinajstić information content (AvgIpc) is 2.71. The second kappa shape index (κ2) is 3.96. The zero-order chi connectivity index (χ0) is 9.97. The summed E-state index contributed by atoms with van der Waals surface area (Å²) in [5.74, 6) is 0.0670. The van der Waals surface area contributed by atoms with E-state index in [4.69, 9.17) is 0 Å². The van der Waals surface area contributed by atoms with E-state index in [0.29, 0.717) is 6.04 Å². The standard InChI is InChI=1S/C11H16N2O/c1-10(14)12-8-4-11(5-9-12)13-6-2-3-7-13/h4-5,8-9,11H,2-3,6-7H2,1H3. The molecule has 0 aromatic carbocycles. The highest BCUT2D eigenvalue weighted by Gasteiger charge is 2.19. The third kappa shape index (κ3) is 1.87. The van der Waals surface area contributed by atoms with E-state index < -0.39 is 0 Å². The predicted molar refractivity (Wildman–Crippen MR) is 55.4 cm³/mol. The Morgan fingerprint density at radius 3 is 2.29 bits per heavy atom. The van der Waals surface area contributed by atoms with E-state index in [1.807, 2.05) is 12.4 Å². The van der Waals surface area contributed by atoms with Crippen molar-refractivity contribution >= 4 is 5.91 Å². The van der Waals surface area contributed by atoms with Crippen molar-refractivity contribution in [3.63, 3.8) is 0 Å². The number of hydrogen-bond donors (Lipinski definition) is 0. The fourth-order valence-corrected chi connectivity index (χ4v) is 1.97. The van der Waals surface area contributed by atoms with Gasteiger partial charge in [0.25, 0.3) is 0 Å². The van der Waals surface area contributed by atoms with Gasteiger partial charge in [0.15, 0.2) is 0 Å². The lowest BCUT2D eigenvalue weighted by Crippen LogP contribution is -2.32. The fourth-order valence-electron chi connectivity index (χ4n) is 1.97. The molecule has 0 bridgehead atoms. The monoisotopic (exact) mass is 192 g/mol. The van der Waals surface area contributed by atoms with Gasteiger partial charge in [-0.25, -0.2) is 0 Å². The van der Waals surface area contributed by atoms with Gasteiger partial charge in [-0.1, -0.05) is 0 Å². The molecule has 0 radical (unpaired) electrons. The average molecular weight is 192 g/mol. The molecule has 0 aliphatic carbocycles. The number of nitrogens with zero attached hydrogens (tertiary/aromatic N) is 2. The van der Waals surface area contributed by atoms with Crippen LogP contribution >= 0.6 is 0 Å². The van der Waals surface area contributed by atoms with Crippen LogP contribution in [0, 0.1) is 0 Å². The van der Waals surface area contributed by atoms with Crippen LogP contribution in [0.2, 0.25) is 0 Å². The molecule has 0 saturated carbocycles. The summed E-state index contributed by atoms with van der Waals surface area (Å²) in [4.78, 5) is 15.1. The summed E-state index contributed by atoms with van der Waals surface area (Å²) in [6.07, 6.45) is 10.5. The predicted octanol–water partition coefficient (Wildman–Crippen LogP) is 1.34. The molecule has 1 fully saturated rings. The molecule has 0 N–H and O–H groups in total. The summed E-state index contributed by atoms with van der Waals surface area (Å²) < 4.78 is 0. The molecule has 1 saturated heterocycles. The molecule has 3 heteroatoms. The van der Waals surface area contributed by atoms with Gasteiger partial charge in [0, 0.05) is 25.4 Å². The Hall–Kier alpha value is -1.09. The highest BCUT2D eigenvalue weighted by atomic mass is 16.2. The van der Waals surface area contributed by atoms with Crippen LogP contribution in [0.1, 0.15) is 19.8 Å². The van der Waals surface area contributed by atoms with Crippen LogP contribution in [0.15, 0.2) is 24.6 Å². The Balaban J connectivity index is 1.96. The molecule has 0 unspecified atom stereocenters. The van der Waals surface area contributed by atoms with Crippen LogP contribution in [-0.4, -0.2) is 34.8 Å². The van der Waals surface area contributed by atoms with Gasteiger partial charge in [0.2, 0.25) is 5.91 Å². The molecule has 2 aliphatic rings. The fraction of sp³-hybridized carbons (Fsp3) is 0.545. The van der Waals surface area contributed by atoms with Crippen molar-refractivity contribution in [1.29, 1.82) is 0 Å². The maximum Gasteiger partial charge on any atom is 0.227 e. The molecular weight excluding hydrogens is 176 g/mol. The van der Waals surface area contributed by atoms with E-state index >= 15 is 0 Å². The molecule has 2 aliphatic heterocycles. The second-order valence-electron chi connectivity index (χ2n) is 3.84. The lowest BCUT2D eigenvalue weighted by atomic mass is 10.2. The Bertz CT molecular complexity index is 263. The summed E-state index contributed by atoms with van der Waals surface area (Å²) in [7, 11) is 0. The number of amides is 1. The van der Waals surface area contributed by atoms with Gasteiger partial charge in [-0.2, -0.15) is 0 Å². The van der Waals surface area contributed by atoms with Crippen molar-refractivity contribution in [1.82, 2.24) is 9.80 Å². The van der Waals surface area contributed by atoms with Gasteiger partial charge in [-0.05, 0) is 38.1 Å². The van der Waals surface area contributed by atoms with Crippen molar-refractivity contribution < 1.29 is 4.79 Å². The number of likely N-dealkylation sites (tertiary alicyclic amines) is 1. The summed E-state index contributed by atoms with van der Waals surface area (Å²) in [6.45, 7) is 3.93. The lowest BCUT2D eigenvalue weighted by molar-refractivity contribution is -0.124. The van der Waals surface area contributed by atoms with Crippen molar-refractivity contribution in [2.24, 2.45) is 0 Å². The van der Waals surface area contributed by atoms with E-state index in [1.165, 1.54) is 25.9 Å². The number of carbonyl (C=O) groups is 1. The van der Waals surface area contributed by atoms with Gasteiger partial charge < -0.3 is 0 Å². The van der Waals surface area contributed by atoms with Crippen molar-refractivity contribution in [3.05, 3.63) is 24.6 Å². The van der Waals surface area contributed by atoms with Gasteiger partial charge in [0.05, 0.1) is 0 Å². The molecular formula is C11H16N2O. The molecule has 2 rings (SSSR count). The molecule has 0 atom stereocenters. The Morgan fingerprint density at radius 1 is 1.21 bits per heavy atom. The minimum Gasteiger partial charge on any atom is -0.295 e. The third-order valence-corrected chi connectivity index (χ3v) is 2.81. The van der Waals surface area contributed by atoms with E-state index in [0.717, 1.165) is 0 Å². The van der Waals surface area contributed by atoms with E-state index in [2.05, 4.69) is 17.1 Å². The zero-order valence-electron chi connectivity index (χ0n) is 8.52. The highest BCUT2D eigenvalue weighted by Crippen LogP contribution is 2.16. The number of rotatable bonds is 1. The summed E-state index contributed by atoms with van der Waals surface area (Å²) in [6, 6.07) is 0.396. The molecule has 1 amide bonds. The molecule has 2 heterocycles.